The van der Waals surface area contributed by atoms with Crippen molar-refractivity contribution in [1.82, 2.24) is 9.80 Å². The summed E-state index contributed by atoms with van der Waals surface area (Å²) in [5, 5.41) is 2.87. The number of para-hydroxylation sites is 2. The molecule has 3 N–H and O–H groups in total. The number of nitrogen functional groups attached to an aromatic ring is 1. The van der Waals surface area contributed by atoms with Crippen LogP contribution in [0, 0.1) is 0 Å². The molecule has 0 spiro atoms. The van der Waals surface area contributed by atoms with Gasteiger partial charge in [-0.25, -0.2) is 0 Å². The molecule has 1 fully saturated rings. The second-order valence-electron chi connectivity index (χ2n) is 5.92. The summed E-state index contributed by atoms with van der Waals surface area (Å²) in [6.07, 6.45) is 3.03. The Morgan fingerprint density at radius 3 is 2.90 bits per heavy atom. The summed E-state index contributed by atoms with van der Waals surface area (Å²) in [4.78, 5) is 16.6. The number of likely N-dealkylation sites (tertiary alicyclic amines) is 1. The van der Waals surface area contributed by atoms with Crippen LogP contribution in [0.1, 0.15) is 19.3 Å². The number of amides is 1. The van der Waals surface area contributed by atoms with Gasteiger partial charge in [-0.3, -0.25) is 4.79 Å². The van der Waals surface area contributed by atoms with Gasteiger partial charge in [0.2, 0.25) is 5.91 Å². The van der Waals surface area contributed by atoms with Gasteiger partial charge in [0.05, 0.1) is 11.4 Å². The van der Waals surface area contributed by atoms with Crippen molar-refractivity contribution >= 4 is 17.3 Å². The van der Waals surface area contributed by atoms with Gasteiger partial charge in [0.15, 0.2) is 0 Å². The lowest BCUT2D eigenvalue weighted by Gasteiger charge is -2.25. The van der Waals surface area contributed by atoms with Crippen LogP contribution >= 0.6 is 0 Å². The summed E-state index contributed by atoms with van der Waals surface area (Å²) >= 11 is 0. The predicted molar refractivity (Wildman–Crippen MR) is 87.3 cm³/mol. The lowest BCUT2D eigenvalue weighted by Crippen LogP contribution is -2.37. The second kappa shape index (κ2) is 7.43. The Labute approximate surface area is 127 Å². The van der Waals surface area contributed by atoms with Crippen LogP contribution in [0.4, 0.5) is 11.4 Å². The fourth-order valence-corrected chi connectivity index (χ4v) is 2.78. The molecule has 0 aliphatic carbocycles. The molecule has 0 saturated carbocycles. The van der Waals surface area contributed by atoms with E-state index in [0.717, 1.165) is 13.1 Å². The lowest BCUT2D eigenvalue weighted by atomic mass is 10.2. The number of likely N-dealkylation sites (N-methyl/N-ethyl adjacent to an activating group) is 2. The number of hydrogen-bond acceptors (Lipinski definition) is 4. The van der Waals surface area contributed by atoms with Crippen LogP contribution in [-0.2, 0) is 4.79 Å². The summed E-state index contributed by atoms with van der Waals surface area (Å²) in [6.45, 7) is 2.98. The highest BCUT2D eigenvalue weighted by molar-refractivity contribution is 5.93. The molecular formula is C16H26N4O. The number of nitrogens with two attached hydrogens (primary N) is 1. The number of nitrogens with one attached hydrogen (secondary N) is 1. The van der Waals surface area contributed by atoms with E-state index in [1.165, 1.54) is 19.4 Å². The summed E-state index contributed by atoms with van der Waals surface area (Å²) in [7, 11) is 4.26. The van der Waals surface area contributed by atoms with E-state index >= 15 is 0 Å². The second-order valence-corrected chi connectivity index (χ2v) is 5.92. The van der Waals surface area contributed by atoms with Crippen LogP contribution in [0.15, 0.2) is 24.3 Å². The first-order chi connectivity index (χ1) is 10.1. The van der Waals surface area contributed by atoms with Gasteiger partial charge in [0, 0.05) is 25.6 Å². The minimum Gasteiger partial charge on any atom is -0.397 e. The third-order valence-electron chi connectivity index (χ3n) is 4.15. The van der Waals surface area contributed by atoms with Gasteiger partial charge in [0.25, 0.3) is 0 Å². The molecule has 5 heteroatoms. The van der Waals surface area contributed by atoms with Crippen LogP contribution in [0.3, 0.4) is 0 Å². The van der Waals surface area contributed by atoms with E-state index in [0.29, 0.717) is 23.8 Å². The number of carbonyl (C=O) groups excluding carboxylic acids is 1. The molecule has 1 aromatic rings. The molecule has 21 heavy (non-hydrogen) atoms. The van der Waals surface area contributed by atoms with Gasteiger partial charge in [-0.15, -0.1) is 0 Å². The van der Waals surface area contributed by atoms with E-state index in [2.05, 4.69) is 29.2 Å². The van der Waals surface area contributed by atoms with Gasteiger partial charge < -0.3 is 20.9 Å². The molecule has 0 aromatic heterocycles. The van der Waals surface area contributed by atoms with Crippen LogP contribution < -0.4 is 11.1 Å². The van der Waals surface area contributed by atoms with E-state index in [4.69, 9.17) is 5.73 Å². The molecule has 116 valence electrons. The molecule has 1 aliphatic heterocycles. The van der Waals surface area contributed by atoms with Crippen molar-refractivity contribution < 1.29 is 4.79 Å². The van der Waals surface area contributed by atoms with Gasteiger partial charge in [-0.05, 0) is 45.6 Å². The Morgan fingerprint density at radius 1 is 1.48 bits per heavy atom. The highest BCUT2D eigenvalue weighted by atomic mass is 16.1. The van der Waals surface area contributed by atoms with E-state index < -0.39 is 0 Å². The normalized spacial score (nSPS) is 19.1. The molecule has 0 radical (unpaired) electrons. The highest BCUT2D eigenvalue weighted by Crippen LogP contribution is 2.17. The van der Waals surface area contributed by atoms with E-state index in [-0.39, 0.29) is 5.91 Å². The number of nitrogens with zero attached hydrogens (tertiary/aromatic N) is 2. The average Bonchev–Trinajstić information content (AvgIpc) is 2.85. The zero-order valence-corrected chi connectivity index (χ0v) is 13.0. The number of carbonyl (C=O) groups is 1. The quantitative estimate of drug-likeness (QED) is 0.782. The minimum atomic E-state index is 0.0135. The lowest BCUT2D eigenvalue weighted by molar-refractivity contribution is -0.116. The maximum absolute atomic E-state index is 12.0. The maximum Gasteiger partial charge on any atom is 0.225 e. The van der Waals surface area contributed by atoms with Gasteiger partial charge in [0.1, 0.15) is 0 Å². The standard InChI is InChI=1S/C16H26N4O/c1-19(12-13-6-5-10-20(13)2)11-9-16(21)18-15-8-4-3-7-14(15)17/h3-4,7-8,13H,5-6,9-12,17H2,1-2H3,(H,18,21). The van der Waals surface area contributed by atoms with E-state index in [1.807, 2.05) is 18.2 Å². The van der Waals surface area contributed by atoms with Gasteiger partial charge in [-0.1, -0.05) is 12.1 Å². The van der Waals surface area contributed by atoms with Crippen molar-refractivity contribution in [3.05, 3.63) is 24.3 Å². The van der Waals surface area contributed by atoms with Crippen molar-refractivity contribution in [3.8, 4) is 0 Å². The van der Waals surface area contributed by atoms with Gasteiger partial charge in [-0.2, -0.15) is 0 Å². The third kappa shape index (κ3) is 4.72. The Morgan fingerprint density at radius 2 is 2.24 bits per heavy atom. The zero-order chi connectivity index (χ0) is 15.2. The molecule has 1 aromatic carbocycles. The Bertz CT molecular complexity index is 477. The molecule has 0 bridgehead atoms. The summed E-state index contributed by atoms with van der Waals surface area (Å²) < 4.78 is 0. The van der Waals surface area contributed by atoms with Gasteiger partial charge >= 0.3 is 0 Å². The van der Waals surface area contributed by atoms with Crippen molar-refractivity contribution in [2.75, 3.05) is 44.8 Å². The minimum absolute atomic E-state index is 0.0135. The van der Waals surface area contributed by atoms with Crippen LogP contribution in [0.25, 0.3) is 0 Å². The molecule has 1 saturated heterocycles. The molecule has 1 amide bonds. The van der Waals surface area contributed by atoms with Crippen molar-refractivity contribution in [2.24, 2.45) is 0 Å². The molecule has 1 atom stereocenters. The zero-order valence-electron chi connectivity index (χ0n) is 13.0. The van der Waals surface area contributed by atoms with Crippen molar-refractivity contribution in [1.29, 1.82) is 0 Å². The SMILES string of the molecule is CN(CCC(=O)Nc1ccccc1N)CC1CCCN1C. The number of anilines is 2. The number of benzene rings is 1. The van der Waals surface area contributed by atoms with Crippen LogP contribution in [0.5, 0.6) is 0 Å². The number of hydrogen-bond donors (Lipinski definition) is 2. The topological polar surface area (TPSA) is 61.6 Å². The maximum atomic E-state index is 12.0. The largest absolute Gasteiger partial charge is 0.397 e. The molecule has 1 aliphatic rings. The first-order valence-electron chi connectivity index (χ1n) is 7.59. The first kappa shape index (κ1) is 15.8. The third-order valence-corrected chi connectivity index (χ3v) is 4.15. The van der Waals surface area contributed by atoms with Crippen molar-refractivity contribution in [3.63, 3.8) is 0 Å². The summed E-state index contributed by atoms with van der Waals surface area (Å²) in [5.41, 5.74) is 7.12. The first-order valence-corrected chi connectivity index (χ1v) is 7.59. The summed E-state index contributed by atoms with van der Waals surface area (Å²) in [5.74, 6) is 0.0135. The highest BCUT2D eigenvalue weighted by Gasteiger charge is 2.22. The predicted octanol–water partition coefficient (Wildman–Crippen LogP) is 1.62. The Hall–Kier alpha value is -1.59. The summed E-state index contributed by atoms with van der Waals surface area (Å²) in [6, 6.07) is 7.97. The average molecular weight is 290 g/mol. The fourth-order valence-electron chi connectivity index (χ4n) is 2.78. The molecular weight excluding hydrogens is 264 g/mol. The molecule has 5 nitrogen and oxygen atoms in total. The van der Waals surface area contributed by atoms with E-state index in [9.17, 15) is 4.79 Å². The van der Waals surface area contributed by atoms with E-state index in [1.54, 1.807) is 6.07 Å². The van der Waals surface area contributed by atoms with Crippen LogP contribution in [0.2, 0.25) is 0 Å². The number of rotatable bonds is 6. The molecule has 2 rings (SSSR count). The molecule has 1 heterocycles. The Balaban J connectivity index is 1.72. The fraction of sp³-hybridized carbons (Fsp3) is 0.562. The smallest absolute Gasteiger partial charge is 0.225 e. The Kier molecular flexibility index (Phi) is 5.59. The van der Waals surface area contributed by atoms with Crippen molar-refractivity contribution in [2.45, 2.75) is 25.3 Å². The van der Waals surface area contributed by atoms with Crippen LogP contribution in [-0.4, -0.2) is 55.5 Å². The molecule has 1 unspecified atom stereocenters. The monoisotopic (exact) mass is 290 g/mol.